The van der Waals surface area contributed by atoms with Crippen LogP contribution in [0.25, 0.3) is 0 Å². The molecular weight excluding hydrogens is 333 g/mol. The number of nitriles is 1. The summed E-state index contributed by atoms with van der Waals surface area (Å²) in [4.78, 5) is 15.0. The van der Waals surface area contributed by atoms with E-state index in [4.69, 9.17) is 5.26 Å². The highest BCUT2D eigenvalue weighted by Gasteiger charge is 2.26. The Morgan fingerprint density at radius 1 is 1.69 bits per heavy atom. The molecule has 16 heavy (non-hydrogen) atoms. The van der Waals surface area contributed by atoms with Crippen LogP contribution in [0.3, 0.4) is 0 Å². The molecule has 0 bridgehead atoms. The third-order valence-electron chi connectivity index (χ3n) is 1.80. The lowest BCUT2D eigenvalue weighted by Crippen LogP contribution is -2.12. The number of aromatic nitrogens is 1. The van der Waals surface area contributed by atoms with Gasteiger partial charge in [0.05, 0.1) is 23.8 Å². The van der Waals surface area contributed by atoms with Crippen molar-refractivity contribution < 1.29 is 18.3 Å². The number of halogens is 3. The van der Waals surface area contributed by atoms with Gasteiger partial charge in [0.15, 0.2) is 0 Å². The van der Waals surface area contributed by atoms with Gasteiger partial charge in [0.25, 0.3) is 6.43 Å². The second kappa shape index (κ2) is 5.16. The van der Waals surface area contributed by atoms with Crippen LogP contribution in [0.4, 0.5) is 8.78 Å². The fraction of sp³-hybridized carbons (Fsp3) is 0.222. The van der Waals surface area contributed by atoms with Crippen LogP contribution in [0.5, 0.6) is 0 Å². The standard InChI is InChI=1S/C9H5F2IN2O2/c1-16-9(15)5-4(2-13)3-14-8(12)6(5)7(10)11/h3,7H,1H3. The first-order chi connectivity index (χ1) is 7.52. The van der Waals surface area contributed by atoms with E-state index in [1.54, 1.807) is 28.7 Å². The third-order valence-corrected chi connectivity index (χ3v) is 2.66. The van der Waals surface area contributed by atoms with Crippen LogP contribution < -0.4 is 0 Å². The van der Waals surface area contributed by atoms with E-state index >= 15 is 0 Å². The summed E-state index contributed by atoms with van der Waals surface area (Å²) in [6.07, 6.45) is -1.82. The van der Waals surface area contributed by atoms with Gasteiger partial charge in [0, 0.05) is 6.20 Å². The molecule has 1 heterocycles. The molecule has 0 amide bonds. The topological polar surface area (TPSA) is 63.0 Å². The van der Waals surface area contributed by atoms with Crippen molar-refractivity contribution >= 4 is 28.6 Å². The maximum atomic E-state index is 12.7. The molecule has 1 aromatic heterocycles. The third kappa shape index (κ3) is 2.27. The second-order valence-corrected chi connectivity index (χ2v) is 3.68. The number of rotatable bonds is 2. The lowest BCUT2D eigenvalue weighted by molar-refractivity contribution is 0.0588. The molecule has 7 heteroatoms. The molecule has 0 fully saturated rings. The maximum absolute atomic E-state index is 12.7. The van der Waals surface area contributed by atoms with Crippen LogP contribution in [0.1, 0.15) is 27.9 Å². The molecule has 4 nitrogen and oxygen atoms in total. The van der Waals surface area contributed by atoms with Crippen LogP contribution in [-0.2, 0) is 4.74 Å². The molecule has 0 atom stereocenters. The minimum Gasteiger partial charge on any atom is -0.465 e. The minimum atomic E-state index is -2.89. The van der Waals surface area contributed by atoms with Crippen molar-refractivity contribution in [1.82, 2.24) is 4.98 Å². The summed E-state index contributed by atoms with van der Waals surface area (Å²) < 4.78 is 29.8. The predicted octanol–water partition coefficient (Wildman–Crippen LogP) is 2.28. The molecule has 0 aliphatic carbocycles. The zero-order valence-electron chi connectivity index (χ0n) is 8.00. The van der Waals surface area contributed by atoms with Crippen LogP contribution in [-0.4, -0.2) is 18.1 Å². The molecule has 1 rings (SSSR count). The van der Waals surface area contributed by atoms with Gasteiger partial charge in [-0.3, -0.25) is 0 Å². The number of ether oxygens (including phenoxy) is 1. The molecule has 0 saturated heterocycles. The average molecular weight is 338 g/mol. The molecule has 0 spiro atoms. The van der Waals surface area contributed by atoms with Gasteiger partial charge in [-0.25, -0.2) is 18.6 Å². The first-order valence-electron chi connectivity index (χ1n) is 3.97. The van der Waals surface area contributed by atoms with E-state index in [-0.39, 0.29) is 9.26 Å². The molecule has 0 aliphatic heterocycles. The lowest BCUT2D eigenvalue weighted by Gasteiger charge is -2.09. The quantitative estimate of drug-likeness (QED) is 0.472. The molecule has 0 aromatic carbocycles. The van der Waals surface area contributed by atoms with E-state index in [0.29, 0.717) is 0 Å². The average Bonchev–Trinajstić information content (AvgIpc) is 2.27. The van der Waals surface area contributed by atoms with E-state index in [1.165, 1.54) is 0 Å². The first kappa shape index (κ1) is 12.8. The molecule has 84 valence electrons. The molecular formula is C9H5F2IN2O2. The van der Waals surface area contributed by atoms with Crippen molar-refractivity contribution in [2.24, 2.45) is 0 Å². The van der Waals surface area contributed by atoms with Crippen molar-refractivity contribution in [3.63, 3.8) is 0 Å². The highest BCUT2D eigenvalue weighted by Crippen LogP contribution is 2.29. The number of hydrogen-bond acceptors (Lipinski definition) is 4. The molecule has 0 unspecified atom stereocenters. The molecule has 0 saturated carbocycles. The molecule has 1 aromatic rings. The fourth-order valence-corrected chi connectivity index (χ4v) is 1.75. The van der Waals surface area contributed by atoms with Gasteiger partial charge in [-0.2, -0.15) is 5.26 Å². The summed E-state index contributed by atoms with van der Waals surface area (Å²) in [5.74, 6) is -0.966. The second-order valence-electron chi connectivity index (χ2n) is 2.66. The number of alkyl halides is 2. The Morgan fingerprint density at radius 3 is 2.75 bits per heavy atom. The van der Waals surface area contributed by atoms with Crippen LogP contribution in [0, 0.1) is 15.0 Å². The van der Waals surface area contributed by atoms with Crippen LogP contribution in [0.2, 0.25) is 0 Å². The Morgan fingerprint density at radius 2 is 2.31 bits per heavy atom. The Labute approximate surface area is 103 Å². The van der Waals surface area contributed by atoms with E-state index < -0.39 is 23.5 Å². The van der Waals surface area contributed by atoms with E-state index in [1.807, 2.05) is 0 Å². The van der Waals surface area contributed by atoms with Crippen molar-refractivity contribution in [3.05, 3.63) is 26.6 Å². The number of methoxy groups -OCH3 is 1. The summed E-state index contributed by atoms with van der Waals surface area (Å²) in [5.41, 5.74) is -1.20. The summed E-state index contributed by atoms with van der Waals surface area (Å²) >= 11 is 1.58. The number of nitrogens with zero attached hydrogens (tertiary/aromatic N) is 2. The Balaban J connectivity index is 3.57. The molecule has 0 aliphatic rings. The number of carbonyl (C=O) groups is 1. The van der Waals surface area contributed by atoms with Gasteiger partial charge in [0.1, 0.15) is 9.77 Å². The van der Waals surface area contributed by atoms with Crippen molar-refractivity contribution in [3.8, 4) is 6.07 Å². The van der Waals surface area contributed by atoms with Crippen LogP contribution >= 0.6 is 22.6 Å². The predicted molar refractivity (Wildman–Crippen MR) is 58.0 cm³/mol. The number of carbonyl (C=O) groups excluding carboxylic acids is 1. The first-order valence-corrected chi connectivity index (χ1v) is 5.05. The zero-order valence-corrected chi connectivity index (χ0v) is 10.2. The van der Waals surface area contributed by atoms with Crippen molar-refractivity contribution in [2.45, 2.75) is 6.43 Å². The Kier molecular flexibility index (Phi) is 4.12. The van der Waals surface area contributed by atoms with Crippen molar-refractivity contribution in [1.29, 1.82) is 5.26 Å². The number of pyridine rings is 1. The Hall–Kier alpha value is -1.30. The number of hydrogen-bond donors (Lipinski definition) is 0. The van der Waals surface area contributed by atoms with Gasteiger partial charge < -0.3 is 4.74 Å². The normalized spacial score (nSPS) is 10.0. The highest BCUT2D eigenvalue weighted by atomic mass is 127. The van der Waals surface area contributed by atoms with Crippen molar-refractivity contribution in [2.75, 3.05) is 7.11 Å². The van der Waals surface area contributed by atoms with Gasteiger partial charge in [-0.1, -0.05) is 0 Å². The lowest BCUT2D eigenvalue weighted by atomic mass is 10.1. The summed E-state index contributed by atoms with van der Waals surface area (Å²) in [6.45, 7) is 0. The summed E-state index contributed by atoms with van der Waals surface area (Å²) in [7, 11) is 1.06. The van der Waals surface area contributed by atoms with Gasteiger partial charge >= 0.3 is 5.97 Å². The summed E-state index contributed by atoms with van der Waals surface area (Å²) in [6, 6.07) is 1.63. The largest absolute Gasteiger partial charge is 0.465 e. The van der Waals surface area contributed by atoms with Gasteiger partial charge in [-0.15, -0.1) is 0 Å². The highest BCUT2D eigenvalue weighted by molar-refractivity contribution is 14.1. The number of esters is 1. The van der Waals surface area contributed by atoms with Crippen LogP contribution in [0.15, 0.2) is 6.20 Å². The van der Waals surface area contributed by atoms with Gasteiger partial charge in [-0.05, 0) is 22.6 Å². The van der Waals surface area contributed by atoms with E-state index in [0.717, 1.165) is 13.3 Å². The summed E-state index contributed by atoms with van der Waals surface area (Å²) in [5, 5.41) is 8.71. The maximum Gasteiger partial charge on any atom is 0.339 e. The zero-order chi connectivity index (χ0) is 12.3. The van der Waals surface area contributed by atoms with E-state index in [2.05, 4.69) is 9.72 Å². The molecule has 0 radical (unpaired) electrons. The fourth-order valence-electron chi connectivity index (χ4n) is 1.11. The van der Waals surface area contributed by atoms with E-state index in [9.17, 15) is 13.6 Å². The van der Waals surface area contributed by atoms with Gasteiger partial charge in [0.2, 0.25) is 0 Å². The smallest absolute Gasteiger partial charge is 0.339 e. The minimum absolute atomic E-state index is 0.0213. The monoisotopic (exact) mass is 338 g/mol. The Bertz CT molecular complexity index is 471. The SMILES string of the molecule is COC(=O)c1c(C#N)cnc(I)c1C(F)F. The molecule has 0 N–H and O–H groups in total.